The number of rotatable bonds is 5. The molecule has 4 amide bonds. The van der Waals surface area contributed by atoms with Crippen molar-refractivity contribution in [2.75, 3.05) is 16.0 Å². The Balaban J connectivity index is 1.94. The number of halogens is 1. The Morgan fingerprint density at radius 2 is 1.65 bits per heavy atom. The maximum atomic E-state index is 13.6. The fraction of sp³-hybridized carbons (Fsp3) is 0.167. The predicted molar refractivity (Wildman–Crippen MR) is 97.4 cm³/mol. The molecule has 0 spiro atoms. The molecule has 0 aliphatic rings. The minimum Gasteiger partial charge on any atom is -0.374 e. The highest BCUT2D eigenvalue weighted by molar-refractivity contribution is 6.03. The molecular formula is C18H19FN4O3. The van der Waals surface area contributed by atoms with Crippen molar-refractivity contribution < 1.29 is 18.8 Å². The molecule has 0 fully saturated rings. The van der Waals surface area contributed by atoms with Crippen LogP contribution in [-0.4, -0.2) is 23.9 Å². The van der Waals surface area contributed by atoms with Crippen LogP contribution in [0.1, 0.15) is 13.8 Å². The van der Waals surface area contributed by atoms with Crippen molar-refractivity contribution in [3.05, 3.63) is 54.3 Å². The van der Waals surface area contributed by atoms with Gasteiger partial charge in [-0.15, -0.1) is 0 Å². The van der Waals surface area contributed by atoms with Crippen molar-refractivity contribution in [2.24, 2.45) is 0 Å². The normalized spacial score (nSPS) is 11.2. The van der Waals surface area contributed by atoms with Crippen LogP contribution in [0.3, 0.4) is 0 Å². The van der Waals surface area contributed by atoms with Gasteiger partial charge in [-0.25, -0.2) is 9.18 Å². The van der Waals surface area contributed by atoms with E-state index in [-0.39, 0.29) is 5.69 Å². The highest BCUT2D eigenvalue weighted by atomic mass is 19.1. The van der Waals surface area contributed by atoms with Gasteiger partial charge < -0.3 is 16.0 Å². The minimum atomic E-state index is -0.771. The molecule has 0 radical (unpaired) electrons. The van der Waals surface area contributed by atoms with E-state index in [1.807, 2.05) is 0 Å². The van der Waals surface area contributed by atoms with Crippen LogP contribution in [0.25, 0.3) is 0 Å². The molecule has 2 aromatic carbocycles. The Morgan fingerprint density at radius 1 is 0.962 bits per heavy atom. The van der Waals surface area contributed by atoms with Crippen LogP contribution in [0.15, 0.2) is 48.5 Å². The highest BCUT2D eigenvalue weighted by Crippen LogP contribution is 2.20. The summed E-state index contributed by atoms with van der Waals surface area (Å²) in [4.78, 5) is 35.0. The lowest BCUT2D eigenvalue weighted by Crippen LogP contribution is -2.42. The van der Waals surface area contributed by atoms with Crippen LogP contribution in [0.2, 0.25) is 0 Å². The van der Waals surface area contributed by atoms with Crippen LogP contribution in [0.5, 0.6) is 0 Å². The van der Waals surface area contributed by atoms with Gasteiger partial charge >= 0.3 is 6.03 Å². The number of amides is 4. The molecule has 7 nitrogen and oxygen atoms in total. The second-order valence-corrected chi connectivity index (χ2v) is 5.55. The summed E-state index contributed by atoms with van der Waals surface area (Å²) < 4.78 is 13.6. The van der Waals surface area contributed by atoms with Crippen LogP contribution < -0.4 is 21.3 Å². The molecule has 2 rings (SSSR count). The third-order valence-corrected chi connectivity index (χ3v) is 3.32. The van der Waals surface area contributed by atoms with Crippen LogP contribution in [0.4, 0.5) is 26.2 Å². The molecule has 0 bridgehead atoms. The number of para-hydroxylation sites is 1. The average Bonchev–Trinajstić information content (AvgIpc) is 2.58. The van der Waals surface area contributed by atoms with E-state index in [0.29, 0.717) is 11.4 Å². The molecule has 0 aliphatic heterocycles. The molecule has 0 unspecified atom stereocenters. The van der Waals surface area contributed by atoms with Gasteiger partial charge in [-0.05, 0) is 37.3 Å². The van der Waals surface area contributed by atoms with Crippen molar-refractivity contribution in [3.8, 4) is 0 Å². The number of anilines is 3. The van der Waals surface area contributed by atoms with Gasteiger partial charge in [0.05, 0.1) is 5.69 Å². The summed E-state index contributed by atoms with van der Waals surface area (Å²) in [6.45, 7) is 2.81. The quantitative estimate of drug-likeness (QED) is 0.660. The topological polar surface area (TPSA) is 99.3 Å². The van der Waals surface area contributed by atoms with E-state index in [0.717, 1.165) is 0 Å². The molecule has 1 atom stereocenters. The van der Waals surface area contributed by atoms with Crippen molar-refractivity contribution in [3.63, 3.8) is 0 Å². The van der Waals surface area contributed by atoms with Crippen LogP contribution in [0, 0.1) is 5.82 Å². The smallest absolute Gasteiger partial charge is 0.325 e. The number of benzene rings is 2. The Hall–Kier alpha value is -3.42. The van der Waals surface area contributed by atoms with Gasteiger partial charge in [-0.1, -0.05) is 18.2 Å². The summed E-state index contributed by atoms with van der Waals surface area (Å²) in [5.74, 6) is -1.57. The maximum absolute atomic E-state index is 13.6. The van der Waals surface area contributed by atoms with E-state index in [1.54, 1.807) is 37.3 Å². The molecule has 0 aromatic heterocycles. The molecule has 8 heteroatoms. The lowest BCUT2D eigenvalue weighted by molar-refractivity contribution is -0.120. The van der Waals surface area contributed by atoms with Crippen LogP contribution in [-0.2, 0) is 9.59 Å². The number of hydrogen-bond acceptors (Lipinski definition) is 4. The van der Waals surface area contributed by atoms with E-state index in [4.69, 9.17) is 0 Å². The summed E-state index contributed by atoms with van der Waals surface area (Å²) in [5.41, 5.74) is 0.968. The molecule has 26 heavy (non-hydrogen) atoms. The Labute approximate surface area is 150 Å². The standard InChI is InChI=1S/C18H19FN4O3/c1-11(17(25)23-18(26)22-13-6-4-3-5-7-13)20-14-8-9-15(19)16(10-14)21-12(2)24/h3-11,20H,1-2H3,(H,21,24)(H2,22,23,25,26)/t11-/m1/s1. The Morgan fingerprint density at radius 3 is 2.31 bits per heavy atom. The van der Waals surface area contributed by atoms with E-state index in [2.05, 4.69) is 21.3 Å². The van der Waals surface area contributed by atoms with Gasteiger partial charge in [0.2, 0.25) is 11.8 Å². The van der Waals surface area contributed by atoms with Gasteiger partial charge in [-0.2, -0.15) is 0 Å². The number of carbonyl (C=O) groups excluding carboxylic acids is 3. The third-order valence-electron chi connectivity index (χ3n) is 3.32. The average molecular weight is 358 g/mol. The molecule has 0 heterocycles. The van der Waals surface area contributed by atoms with E-state index in [1.165, 1.54) is 25.1 Å². The SMILES string of the molecule is CC(=O)Nc1cc(N[C@H](C)C(=O)NC(=O)Nc2ccccc2)ccc1F. The number of carbonyl (C=O) groups is 3. The predicted octanol–water partition coefficient (Wildman–Crippen LogP) is 2.93. The molecule has 2 aromatic rings. The summed E-state index contributed by atoms with van der Waals surface area (Å²) in [6, 6.07) is 11.2. The van der Waals surface area contributed by atoms with Gasteiger partial charge in [0.25, 0.3) is 0 Å². The summed E-state index contributed by atoms with van der Waals surface area (Å²) >= 11 is 0. The van der Waals surface area contributed by atoms with Gasteiger partial charge in [0, 0.05) is 18.3 Å². The van der Waals surface area contributed by atoms with Gasteiger partial charge in [-0.3, -0.25) is 14.9 Å². The molecule has 0 saturated carbocycles. The Bertz CT molecular complexity index is 811. The first kappa shape index (κ1) is 18.9. The molecule has 0 aliphatic carbocycles. The van der Waals surface area contributed by atoms with E-state index in [9.17, 15) is 18.8 Å². The maximum Gasteiger partial charge on any atom is 0.325 e. The first-order valence-corrected chi connectivity index (χ1v) is 7.85. The van der Waals surface area contributed by atoms with Crippen LogP contribution >= 0.6 is 0 Å². The first-order chi connectivity index (χ1) is 12.3. The zero-order valence-corrected chi connectivity index (χ0v) is 14.3. The third kappa shape index (κ3) is 5.59. The highest BCUT2D eigenvalue weighted by Gasteiger charge is 2.16. The fourth-order valence-corrected chi connectivity index (χ4v) is 2.12. The lowest BCUT2D eigenvalue weighted by atomic mass is 10.2. The zero-order valence-electron chi connectivity index (χ0n) is 14.3. The van der Waals surface area contributed by atoms with Gasteiger partial charge in [0.1, 0.15) is 11.9 Å². The van der Waals surface area contributed by atoms with Gasteiger partial charge in [0.15, 0.2) is 0 Å². The summed E-state index contributed by atoms with van der Waals surface area (Å²) in [7, 11) is 0. The monoisotopic (exact) mass is 358 g/mol. The number of hydrogen-bond donors (Lipinski definition) is 4. The first-order valence-electron chi connectivity index (χ1n) is 7.85. The van der Waals surface area contributed by atoms with Crippen molar-refractivity contribution in [1.82, 2.24) is 5.32 Å². The molecule has 0 saturated heterocycles. The van der Waals surface area contributed by atoms with E-state index >= 15 is 0 Å². The van der Waals surface area contributed by atoms with Crippen molar-refractivity contribution in [1.29, 1.82) is 0 Å². The second kappa shape index (κ2) is 8.61. The molecule has 4 N–H and O–H groups in total. The zero-order chi connectivity index (χ0) is 19.1. The summed E-state index contributed by atoms with van der Waals surface area (Å²) in [6.07, 6.45) is 0. The van der Waals surface area contributed by atoms with E-state index < -0.39 is 29.7 Å². The lowest BCUT2D eigenvalue weighted by Gasteiger charge is -2.16. The fourth-order valence-electron chi connectivity index (χ4n) is 2.12. The largest absolute Gasteiger partial charge is 0.374 e. The minimum absolute atomic E-state index is 0.00284. The molecular weight excluding hydrogens is 339 g/mol. The second-order valence-electron chi connectivity index (χ2n) is 5.55. The van der Waals surface area contributed by atoms with Crippen molar-refractivity contribution in [2.45, 2.75) is 19.9 Å². The number of urea groups is 1. The summed E-state index contributed by atoms with van der Waals surface area (Å²) in [5, 5.41) is 9.94. The Kier molecular flexibility index (Phi) is 6.26. The van der Waals surface area contributed by atoms with Crippen molar-refractivity contribution >= 4 is 34.9 Å². The number of nitrogens with one attached hydrogen (secondary N) is 4. The number of imide groups is 1. The molecule has 136 valence electrons.